The molecule has 0 atom stereocenters. The molecule has 1 fully saturated rings. The lowest BCUT2D eigenvalue weighted by molar-refractivity contribution is 0.646. The first-order valence-corrected chi connectivity index (χ1v) is 4.51. The first kappa shape index (κ1) is 8.44. The van der Waals surface area contributed by atoms with Gasteiger partial charge in [0.2, 0.25) is 0 Å². The van der Waals surface area contributed by atoms with Crippen LogP contribution in [0.1, 0.15) is 30.3 Å². The van der Waals surface area contributed by atoms with Crippen molar-refractivity contribution < 1.29 is 0 Å². The lowest BCUT2D eigenvalue weighted by atomic mass is 10.3. The van der Waals surface area contributed by atoms with E-state index in [-0.39, 0.29) is 12.1 Å². The highest BCUT2D eigenvalue weighted by Crippen LogP contribution is 2.33. The maximum absolute atomic E-state index is 11.7. The van der Waals surface area contributed by atoms with E-state index in [1.54, 1.807) is 10.8 Å². The molecule has 1 aromatic heterocycles. The predicted octanol–water partition coefficient (Wildman–Crippen LogP) is 0.345. The van der Waals surface area contributed by atoms with Gasteiger partial charge >= 0.3 is 0 Å². The Kier molecular flexibility index (Phi) is 1.92. The van der Waals surface area contributed by atoms with Crippen LogP contribution in [-0.4, -0.2) is 9.55 Å². The lowest BCUT2D eigenvalue weighted by Gasteiger charge is -2.08. The van der Waals surface area contributed by atoms with Gasteiger partial charge in [0.15, 0.2) is 0 Å². The third kappa shape index (κ3) is 1.37. The summed E-state index contributed by atoms with van der Waals surface area (Å²) in [5.41, 5.74) is 6.08. The number of rotatable bonds is 2. The van der Waals surface area contributed by atoms with E-state index in [4.69, 9.17) is 5.73 Å². The molecule has 1 aromatic rings. The van der Waals surface area contributed by atoms with Crippen molar-refractivity contribution in [2.24, 2.45) is 5.73 Å². The summed E-state index contributed by atoms with van der Waals surface area (Å²) in [6.07, 6.45) is 3.77. The standard InChI is InChI=1S/C9H13N3O/c1-6-11-5-7(4-10)9(13)12(6)8-2-3-8/h5,8H,2-4,10H2,1H3. The van der Waals surface area contributed by atoms with Gasteiger partial charge in [0.25, 0.3) is 5.56 Å². The molecule has 1 heterocycles. The fourth-order valence-corrected chi connectivity index (χ4v) is 1.49. The topological polar surface area (TPSA) is 60.9 Å². The molecule has 4 heteroatoms. The summed E-state index contributed by atoms with van der Waals surface area (Å²) in [5.74, 6) is 0.796. The van der Waals surface area contributed by atoms with E-state index < -0.39 is 0 Å². The van der Waals surface area contributed by atoms with Gasteiger partial charge in [-0.3, -0.25) is 9.36 Å². The first-order valence-electron chi connectivity index (χ1n) is 4.51. The third-order valence-corrected chi connectivity index (χ3v) is 2.38. The molecule has 1 aliphatic rings. The van der Waals surface area contributed by atoms with Gasteiger partial charge in [0.1, 0.15) is 5.82 Å². The summed E-state index contributed by atoms with van der Waals surface area (Å²) in [7, 11) is 0. The van der Waals surface area contributed by atoms with Gasteiger partial charge in [-0.25, -0.2) is 4.98 Å². The zero-order valence-electron chi connectivity index (χ0n) is 7.66. The van der Waals surface area contributed by atoms with E-state index in [0.29, 0.717) is 11.6 Å². The summed E-state index contributed by atoms with van der Waals surface area (Å²) in [6.45, 7) is 2.14. The molecule has 0 amide bonds. The van der Waals surface area contributed by atoms with Crippen molar-refractivity contribution in [2.75, 3.05) is 0 Å². The van der Waals surface area contributed by atoms with Crippen LogP contribution in [0.3, 0.4) is 0 Å². The molecule has 0 unspecified atom stereocenters. The van der Waals surface area contributed by atoms with Crippen LogP contribution in [0, 0.1) is 6.92 Å². The molecule has 2 rings (SSSR count). The van der Waals surface area contributed by atoms with Crippen molar-refractivity contribution in [3.05, 3.63) is 27.9 Å². The molecule has 0 spiro atoms. The number of hydrogen-bond donors (Lipinski definition) is 1. The van der Waals surface area contributed by atoms with Crippen molar-refractivity contribution in [3.63, 3.8) is 0 Å². The summed E-state index contributed by atoms with van der Waals surface area (Å²) in [5, 5.41) is 0. The van der Waals surface area contributed by atoms with Gasteiger partial charge in [-0.15, -0.1) is 0 Å². The van der Waals surface area contributed by atoms with Crippen molar-refractivity contribution >= 4 is 0 Å². The number of aryl methyl sites for hydroxylation is 1. The van der Waals surface area contributed by atoms with Gasteiger partial charge in [-0.05, 0) is 19.8 Å². The molecular formula is C9H13N3O. The Hall–Kier alpha value is -1.16. The van der Waals surface area contributed by atoms with Crippen molar-refractivity contribution in [1.29, 1.82) is 0 Å². The van der Waals surface area contributed by atoms with E-state index in [0.717, 1.165) is 18.7 Å². The predicted molar refractivity (Wildman–Crippen MR) is 49.4 cm³/mol. The number of nitrogens with two attached hydrogens (primary N) is 1. The molecule has 0 bridgehead atoms. The smallest absolute Gasteiger partial charge is 0.258 e. The van der Waals surface area contributed by atoms with Crippen LogP contribution >= 0.6 is 0 Å². The molecule has 0 radical (unpaired) electrons. The number of aromatic nitrogens is 2. The Bertz CT molecular complexity index is 379. The van der Waals surface area contributed by atoms with Crippen LogP contribution in [-0.2, 0) is 6.54 Å². The average molecular weight is 179 g/mol. The van der Waals surface area contributed by atoms with Crippen LogP contribution in [0.25, 0.3) is 0 Å². The average Bonchev–Trinajstić information content (AvgIpc) is 2.89. The Morgan fingerprint density at radius 2 is 2.38 bits per heavy atom. The van der Waals surface area contributed by atoms with Crippen LogP contribution < -0.4 is 11.3 Å². The fraction of sp³-hybridized carbons (Fsp3) is 0.556. The molecular weight excluding hydrogens is 166 g/mol. The molecule has 4 nitrogen and oxygen atoms in total. The highest BCUT2D eigenvalue weighted by Gasteiger charge is 2.26. The minimum Gasteiger partial charge on any atom is -0.326 e. The minimum atomic E-state index is 0.0394. The zero-order valence-corrected chi connectivity index (χ0v) is 7.66. The second-order valence-electron chi connectivity index (χ2n) is 3.44. The zero-order chi connectivity index (χ0) is 9.42. The highest BCUT2D eigenvalue weighted by atomic mass is 16.1. The summed E-state index contributed by atoms with van der Waals surface area (Å²) >= 11 is 0. The minimum absolute atomic E-state index is 0.0394. The van der Waals surface area contributed by atoms with Crippen LogP contribution in [0.15, 0.2) is 11.0 Å². The van der Waals surface area contributed by atoms with E-state index in [2.05, 4.69) is 4.98 Å². The molecule has 0 aromatic carbocycles. The van der Waals surface area contributed by atoms with Gasteiger partial charge in [-0.1, -0.05) is 0 Å². The molecule has 70 valence electrons. The second-order valence-corrected chi connectivity index (χ2v) is 3.44. The van der Waals surface area contributed by atoms with Crippen LogP contribution in [0.4, 0.5) is 0 Å². The molecule has 0 saturated heterocycles. The van der Waals surface area contributed by atoms with Crippen LogP contribution in [0.2, 0.25) is 0 Å². The fourth-order valence-electron chi connectivity index (χ4n) is 1.49. The quantitative estimate of drug-likeness (QED) is 0.712. The van der Waals surface area contributed by atoms with Gasteiger partial charge in [0, 0.05) is 24.3 Å². The molecule has 0 aliphatic heterocycles. The lowest BCUT2D eigenvalue weighted by Crippen LogP contribution is -2.27. The Balaban J connectivity index is 2.57. The largest absolute Gasteiger partial charge is 0.326 e. The van der Waals surface area contributed by atoms with E-state index >= 15 is 0 Å². The van der Waals surface area contributed by atoms with Gasteiger partial charge in [-0.2, -0.15) is 0 Å². The van der Waals surface area contributed by atoms with Crippen molar-refractivity contribution in [2.45, 2.75) is 32.4 Å². The van der Waals surface area contributed by atoms with Crippen molar-refractivity contribution in [3.8, 4) is 0 Å². The Morgan fingerprint density at radius 3 is 2.92 bits per heavy atom. The number of hydrogen-bond acceptors (Lipinski definition) is 3. The van der Waals surface area contributed by atoms with E-state index in [9.17, 15) is 4.79 Å². The molecule has 1 aliphatic carbocycles. The molecule has 1 saturated carbocycles. The highest BCUT2D eigenvalue weighted by molar-refractivity contribution is 5.09. The molecule has 2 N–H and O–H groups in total. The third-order valence-electron chi connectivity index (χ3n) is 2.38. The Morgan fingerprint density at radius 1 is 1.69 bits per heavy atom. The van der Waals surface area contributed by atoms with Gasteiger partial charge < -0.3 is 5.73 Å². The summed E-state index contributed by atoms with van der Waals surface area (Å²) < 4.78 is 1.77. The number of nitrogens with zero attached hydrogens (tertiary/aromatic N) is 2. The van der Waals surface area contributed by atoms with Crippen LogP contribution in [0.5, 0.6) is 0 Å². The SMILES string of the molecule is Cc1ncc(CN)c(=O)n1C1CC1. The summed E-state index contributed by atoms with van der Waals surface area (Å²) in [4.78, 5) is 15.9. The van der Waals surface area contributed by atoms with E-state index in [1.165, 1.54) is 0 Å². The maximum Gasteiger partial charge on any atom is 0.258 e. The van der Waals surface area contributed by atoms with Crippen molar-refractivity contribution in [1.82, 2.24) is 9.55 Å². The van der Waals surface area contributed by atoms with E-state index in [1.807, 2.05) is 6.92 Å². The first-order chi connectivity index (χ1) is 6.24. The maximum atomic E-state index is 11.7. The van der Waals surface area contributed by atoms with Gasteiger partial charge in [0.05, 0.1) is 0 Å². The normalized spacial score (nSPS) is 16.2. The summed E-state index contributed by atoms with van der Waals surface area (Å²) in [6, 6.07) is 0.381. The second kappa shape index (κ2) is 2.96. The monoisotopic (exact) mass is 179 g/mol. The Labute approximate surface area is 76.4 Å². The molecule has 13 heavy (non-hydrogen) atoms.